The Morgan fingerprint density at radius 3 is 2.23 bits per heavy atom. The van der Waals surface area contributed by atoms with Gasteiger partial charge in [-0.3, -0.25) is 4.79 Å². The largest absolute Gasteiger partial charge is 0.393 e. The van der Waals surface area contributed by atoms with Crippen molar-refractivity contribution in [2.45, 2.75) is 51.0 Å². The normalized spacial score (nSPS) is 35.5. The van der Waals surface area contributed by atoms with Crippen LogP contribution in [0.1, 0.15) is 44.9 Å². The standard InChI is InChI=1S/C11H18O2/c12-10-6-5-9(7-10)11(13)8-3-1-2-4-8/h8-10,12H,1-7H2/t9-,10-/m1/s1. The summed E-state index contributed by atoms with van der Waals surface area (Å²) >= 11 is 0. The molecule has 13 heavy (non-hydrogen) atoms. The second-order valence-electron chi connectivity index (χ2n) is 4.55. The zero-order valence-corrected chi connectivity index (χ0v) is 8.04. The lowest BCUT2D eigenvalue weighted by atomic mass is 9.90. The van der Waals surface area contributed by atoms with Crippen LogP contribution in [0.2, 0.25) is 0 Å². The Morgan fingerprint density at radius 2 is 1.69 bits per heavy atom. The molecule has 2 nitrogen and oxygen atoms in total. The van der Waals surface area contributed by atoms with Gasteiger partial charge in [-0.1, -0.05) is 12.8 Å². The second kappa shape index (κ2) is 3.79. The minimum Gasteiger partial charge on any atom is -0.393 e. The smallest absolute Gasteiger partial charge is 0.139 e. The molecule has 2 saturated carbocycles. The van der Waals surface area contributed by atoms with Crippen molar-refractivity contribution in [1.82, 2.24) is 0 Å². The molecule has 0 spiro atoms. The Labute approximate surface area is 79.3 Å². The Hall–Kier alpha value is -0.370. The van der Waals surface area contributed by atoms with Crippen molar-refractivity contribution in [3.63, 3.8) is 0 Å². The van der Waals surface area contributed by atoms with E-state index >= 15 is 0 Å². The Kier molecular flexibility index (Phi) is 2.68. The summed E-state index contributed by atoms with van der Waals surface area (Å²) < 4.78 is 0. The fourth-order valence-electron chi connectivity index (χ4n) is 2.76. The minimum absolute atomic E-state index is 0.193. The van der Waals surface area contributed by atoms with Crippen molar-refractivity contribution < 1.29 is 9.90 Å². The highest BCUT2D eigenvalue weighted by atomic mass is 16.3. The number of rotatable bonds is 2. The Morgan fingerprint density at radius 1 is 1.00 bits per heavy atom. The molecule has 2 aliphatic rings. The maximum atomic E-state index is 11.9. The molecule has 0 radical (unpaired) electrons. The summed E-state index contributed by atoms with van der Waals surface area (Å²) in [6, 6.07) is 0. The average Bonchev–Trinajstić information content (AvgIpc) is 2.72. The van der Waals surface area contributed by atoms with Gasteiger partial charge < -0.3 is 5.11 Å². The van der Waals surface area contributed by atoms with Crippen molar-refractivity contribution in [2.75, 3.05) is 0 Å². The van der Waals surface area contributed by atoms with Gasteiger partial charge in [0, 0.05) is 11.8 Å². The van der Waals surface area contributed by atoms with Gasteiger partial charge in [-0.05, 0) is 32.1 Å². The number of hydrogen-bond acceptors (Lipinski definition) is 2. The Balaban J connectivity index is 1.89. The van der Waals surface area contributed by atoms with Crippen LogP contribution >= 0.6 is 0 Å². The SMILES string of the molecule is O=C(C1CCCC1)[C@@H]1CC[C@@H](O)C1. The molecule has 2 rings (SSSR count). The topological polar surface area (TPSA) is 37.3 Å². The monoisotopic (exact) mass is 182 g/mol. The van der Waals surface area contributed by atoms with Gasteiger partial charge in [-0.2, -0.15) is 0 Å². The maximum Gasteiger partial charge on any atom is 0.139 e. The van der Waals surface area contributed by atoms with Crippen LogP contribution in [0.15, 0.2) is 0 Å². The maximum absolute atomic E-state index is 11.9. The first kappa shape index (κ1) is 9.20. The molecule has 0 unspecified atom stereocenters. The molecule has 0 aromatic carbocycles. The highest BCUT2D eigenvalue weighted by Crippen LogP contribution is 2.34. The minimum atomic E-state index is -0.199. The Bertz CT molecular complexity index is 194. The van der Waals surface area contributed by atoms with E-state index in [1.54, 1.807) is 0 Å². The number of ketones is 1. The molecule has 2 heteroatoms. The van der Waals surface area contributed by atoms with E-state index in [1.807, 2.05) is 0 Å². The molecule has 0 saturated heterocycles. The van der Waals surface area contributed by atoms with E-state index in [0.717, 1.165) is 32.1 Å². The lowest BCUT2D eigenvalue weighted by molar-refractivity contribution is -0.126. The van der Waals surface area contributed by atoms with E-state index in [9.17, 15) is 9.90 Å². The predicted molar refractivity (Wildman–Crippen MR) is 50.3 cm³/mol. The summed E-state index contributed by atoms with van der Waals surface area (Å²) in [7, 11) is 0. The van der Waals surface area contributed by atoms with E-state index in [4.69, 9.17) is 0 Å². The molecule has 0 bridgehead atoms. The van der Waals surface area contributed by atoms with E-state index in [2.05, 4.69) is 0 Å². The number of carbonyl (C=O) groups is 1. The summed E-state index contributed by atoms with van der Waals surface area (Å²) in [5.41, 5.74) is 0. The molecular formula is C11H18O2. The third kappa shape index (κ3) is 1.93. The summed E-state index contributed by atoms with van der Waals surface area (Å²) in [4.78, 5) is 11.9. The van der Waals surface area contributed by atoms with Crippen molar-refractivity contribution in [3.8, 4) is 0 Å². The van der Waals surface area contributed by atoms with Crippen LogP contribution in [0, 0.1) is 11.8 Å². The molecule has 2 fully saturated rings. The molecule has 2 aliphatic carbocycles. The molecule has 0 aliphatic heterocycles. The third-order valence-electron chi connectivity index (χ3n) is 3.56. The fraction of sp³-hybridized carbons (Fsp3) is 0.909. The van der Waals surface area contributed by atoms with Gasteiger partial charge in [-0.15, -0.1) is 0 Å². The van der Waals surface area contributed by atoms with Gasteiger partial charge in [0.1, 0.15) is 5.78 Å². The molecule has 0 amide bonds. The molecule has 0 aromatic heterocycles. The first-order valence-electron chi connectivity index (χ1n) is 5.49. The number of carbonyl (C=O) groups excluding carboxylic acids is 1. The molecule has 74 valence electrons. The van der Waals surface area contributed by atoms with E-state index < -0.39 is 0 Å². The summed E-state index contributed by atoms with van der Waals surface area (Å²) in [5.74, 6) is 0.988. The van der Waals surface area contributed by atoms with Gasteiger partial charge in [0.2, 0.25) is 0 Å². The first-order chi connectivity index (χ1) is 6.27. The number of aliphatic hydroxyl groups is 1. The van der Waals surface area contributed by atoms with E-state index in [-0.39, 0.29) is 12.0 Å². The predicted octanol–water partition coefficient (Wildman–Crippen LogP) is 1.91. The number of Topliss-reactive ketones (excluding diaryl/α,β-unsaturated/α-hetero) is 1. The van der Waals surface area contributed by atoms with Crippen LogP contribution < -0.4 is 0 Å². The average molecular weight is 182 g/mol. The third-order valence-corrected chi connectivity index (χ3v) is 3.56. The lowest BCUT2D eigenvalue weighted by Crippen LogP contribution is -2.20. The summed E-state index contributed by atoms with van der Waals surface area (Å²) in [6.07, 6.45) is 6.96. The van der Waals surface area contributed by atoms with Crippen molar-refractivity contribution >= 4 is 5.78 Å². The van der Waals surface area contributed by atoms with Gasteiger partial charge >= 0.3 is 0 Å². The van der Waals surface area contributed by atoms with Gasteiger partial charge in [0.25, 0.3) is 0 Å². The highest BCUT2D eigenvalue weighted by Gasteiger charge is 2.33. The quantitative estimate of drug-likeness (QED) is 0.708. The highest BCUT2D eigenvalue weighted by molar-refractivity contribution is 5.83. The second-order valence-corrected chi connectivity index (χ2v) is 4.55. The van der Waals surface area contributed by atoms with Gasteiger partial charge in [0.05, 0.1) is 6.10 Å². The number of aliphatic hydroxyl groups excluding tert-OH is 1. The van der Waals surface area contributed by atoms with Crippen LogP contribution in [-0.4, -0.2) is 17.0 Å². The summed E-state index contributed by atoms with van der Waals surface area (Å²) in [5, 5.41) is 9.34. The van der Waals surface area contributed by atoms with Gasteiger partial charge in [-0.25, -0.2) is 0 Å². The zero-order valence-electron chi connectivity index (χ0n) is 8.04. The molecule has 0 heterocycles. The van der Waals surface area contributed by atoms with Crippen LogP contribution in [0.5, 0.6) is 0 Å². The first-order valence-corrected chi connectivity index (χ1v) is 5.49. The van der Waals surface area contributed by atoms with Crippen LogP contribution in [0.25, 0.3) is 0 Å². The van der Waals surface area contributed by atoms with Crippen molar-refractivity contribution in [1.29, 1.82) is 0 Å². The molecule has 2 atom stereocenters. The molecular weight excluding hydrogens is 164 g/mol. The van der Waals surface area contributed by atoms with E-state index in [1.165, 1.54) is 12.8 Å². The van der Waals surface area contributed by atoms with Crippen LogP contribution in [0.4, 0.5) is 0 Å². The summed E-state index contributed by atoms with van der Waals surface area (Å²) in [6.45, 7) is 0. The van der Waals surface area contributed by atoms with E-state index in [0.29, 0.717) is 11.7 Å². The lowest BCUT2D eigenvalue weighted by Gasteiger charge is -2.13. The zero-order chi connectivity index (χ0) is 9.26. The van der Waals surface area contributed by atoms with Crippen LogP contribution in [0.3, 0.4) is 0 Å². The fourth-order valence-corrected chi connectivity index (χ4v) is 2.76. The van der Waals surface area contributed by atoms with Crippen LogP contribution in [-0.2, 0) is 4.79 Å². The number of hydrogen-bond donors (Lipinski definition) is 1. The van der Waals surface area contributed by atoms with Gasteiger partial charge in [0.15, 0.2) is 0 Å². The molecule has 1 N–H and O–H groups in total. The molecule has 0 aromatic rings. The van der Waals surface area contributed by atoms with Crippen molar-refractivity contribution in [3.05, 3.63) is 0 Å². The van der Waals surface area contributed by atoms with Crippen molar-refractivity contribution in [2.24, 2.45) is 11.8 Å².